The summed E-state index contributed by atoms with van der Waals surface area (Å²) >= 11 is 5.63. The van der Waals surface area contributed by atoms with Crippen molar-refractivity contribution in [2.45, 2.75) is 43.9 Å². The summed E-state index contributed by atoms with van der Waals surface area (Å²) < 4.78 is 24.4. The molecule has 2 heterocycles. The van der Waals surface area contributed by atoms with E-state index in [1.54, 1.807) is 22.1 Å². The summed E-state index contributed by atoms with van der Waals surface area (Å²) in [5.74, 6) is -0.693. The van der Waals surface area contributed by atoms with Crippen LogP contribution in [0.5, 0.6) is 5.75 Å². The Morgan fingerprint density at radius 3 is 2.56 bits per heavy atom. The van der Waals surface area contributed by atoms with Crippen LogP contribution in [0.1, 0.15) is 31.7 Å². The molecule has 0 radical (unpaired) electrons. The SMILES string of the molecule is O=C(COc1ccc(Cl)c(F)c1)NC1CCN(C(=O)COC2CC(n3nccn3)C2)CC1. The van der Waals surface area contributed by atoms with Crippen molar-refractivity contribution in [2.24, 2.45) is 0 Å². The zero-order chi connectivity index (χ0) is 22.5. The smallest absolute Gasteiger partial charge is 0.258 e. The number of nitrogens with zero attached hydrogens (tertiary/aromatic N) is 4. The second-order valence-electron chi connectivity index (χ2n) is 7.99. The fourth-order valence-electron chi connectivity index (χ4n) is 3.82. The number of ether oxygens (including phenoxy) is 2. The van der Waals surface area contributed by atoms with Crippen LogP contribution in [0.3, 0.4) is 0 Å². The van der Waals surface area contributed by atoms with Crippen molar-refractivity contribution in [1.29, 1.82) is 0 Å². The summed E-state index contributed by atoms with van der Waals surface area (Å²) in [4.78, 5) is 28.0. The fraction of sp³-hybridized carbons (Fsp3) is 0.524. The van der Waals surface area contributed by atoms with Crippen molar-refractivity contribution in [2.75, 3.05) is 26.3 Å². The number of amides is 2. The lowest BCUT2D eigenvalue weighted by Gasteiger charge is -2.35. The molecule has 1 aromatic carbocycles. The average Bonchev–Trinajstić information content (AvgIpc) is 3.28. The molecule has 1 N–H and O–H groups in total. The molecule has 172 valence electrons. The Morgan fingerprint density at radius 2 is 1.88 bits per heavy atom. The Kier molecular flexibility index (Phi) is 7.21. The standard InChI is InChI=1S/C21H25ClFN5O4/c22-18-2-1-16(11-19(18)23)31-12-20(29)26-14-3-7-27(8-4-14)21(30)13-32-17-9-15(10-17)28-24-5-6-25-28/h1-2,5-6,11,14-15,17H,3-4,7-10,12-13H2,(H,26,29). The maximum Gasteiger partial charge on any atom is 0.258 e. The number of likely N-dealkylation sites (tertiary alicyclic amines) is 1. The molecule has 2 fully saturated rings. The van der Waals surface area contributed by atoms with Crippen molar-refractivity contribution in [3.05, 3.63) is 41.4 Å². The lowest BCUT2D eigenvalue weighted by molar-refractivity contribution is -0.142. The number of aromatic nitrogens is 3. The Balaban J connectivity index is 1.10. The van der Waals surface area contributed by atoms with Gasteiger partial charge in [0.15, 0.2) is 6.61 Å². The van der Waals surface area contributed by atoms with Crippen LogP contribution in [0.25, 0.3) is 0 Å². The largest absolute Gasteiger partial charge is 0.484 e. The molecule has 0 atom stereocenters. The minimum atomic E-state index is -0.599. The number of carbonyl (C=O) groups excluding carboxylic acids is 2. The molecule has 1 aliphatic carbocycles. The van der Waals surface area contributed by atoms with E-state index >= 15 is 0 Å². The Hall–Kier alpha value is -2.72. The number of rotatable bonds is 8. The summed E-state index contributed by atoms with van der Waals surface area (Å²) in [6.45, 7) is 0.957. The van der Waals surface area contributed by atoms with Crippen LogP contribution in [0.15, 0.2) is 30.6 Å². The van der Waals surface area contributed by atoms with Gasteiger partial charge in [-0.3, -0.25) is 9.59 Å². The van der Waals surface area contributed by atoms with Gasteiger partial charge in [-0.15, -0.1) is 0 Å². The fourth-order valence-corrected chi connectivity index (χ4v) is 3.93. The number of halogens is 2. The maximum absolute atomic E-state index is 13.4. The zero-order valence-electron chi connectivity index (χ0n) is 17.5. The number of hydrogen-bond donors (Lipinski definition) is 1. The van der Waals surface area contributed by atoms with Gasteiger partial charge in [-0.2, -0.15) is 15.0 Å². The molecule has 2 aliphatic rings. The number of nitrogens with one attached hydrogen (secondary N) is 1. The minimum absolute atomic E-state index is 0.00285. The van der Waals surface area contributed by atoms with E-state index in [9.17, 15) is 14.0 Å². The van der Waals surface area contributed by atoms with Gasteiger partial charge in [-0.05, 0) is 37.8 Å². The van der Waals surface area contributed by atoms with Crippen LogP contribution in [0.2, 0.25) is 5.02 Å². The molecule has 4 rings (SSSR count). The quantitative estimate of drug-likeness (QED) is 0.640. The lowest BCUT2D eigenvalue weighted by atomic mass is 9.90. The molecular formula is C21H25ClFN5O4. The first-order chi connectivity index (χ1) is 15.5. The second kappa shape index (κ2) is 10.3. The van der Waals surface area contributed by atoms with Crippen LogP contribution in [-0.2, 0) is 14.3 Å². The topological polar surface area (TPSA) is 98.6 Å². The first-order valence-corrected chi connectivity index (χ1v) is 11.0. The molecule has 2 aromatic rings. The highest BCUT2D eigenvalue weighted by atomic mass is 35.5. The molecule has 32 heavy (non-hydrogen) atoms. The Morgan fingerprint density at radius 1 is 1.16 bits per heavy atom. The summed E-state index contributed by atoms with van der Waals surface area (Å²) in [7, 11) is 0. The zero-order valence-corrected chi connectivity index (χ0v) is 18.2. The number of hydrogen-bond acceptors (Lipinski definition) is 6. The third kappa shape index (κ3) is 5.74. The molecule has 11 heteroatoms. The van der Waals surface area contributed by atoms with Gasteiger partial charge >= 0.3 is 0 Å². The molecule has 0 spiro atoms. The van der Waals surface area contributed by atoms with Gasteiger partial charge in [0.2, 0.25) is 5.91 Å². The van der Waals surface area contributed by atoms with E-state index < -0.39 is 5.82 Å². The molecule has 1 saturated carbocycles. The third-order valence-electron chi connectivity index (χ3n) is 5.75. The average molecular weight is 466 g/mol. The molecule has 9 nitrogen and oxygen atoms in total. The first-order valence-electron chi connectivity index (χ1n) is 10.6. The van der Waals surface area contributed by atoms with Crippen molar-refractivity contribution in [3.63, 3.8) is 0 Å². The van der Waals surface area contributed by atoms with Gasteiger partial charge in [0.25, 0.3) is 5.91 Å². The van der Waals surface area contributed by atoms with E-state index in [1.807, 2.05) is 0 Å². The van der Waals surface area contributed by atoms with Gasteiger partial charge < -0.3 is 19.7 Å². The highest BCUT2D eigenvalue weighted by Gasteiger charge is 2.33. The van der Waals surface area contributed by atoms with Gasteiger partial charge in [-0.25, -0.2) is 4.39 Å². The first kappa shape index (κ1) is 22.5. The molecule has 0 unspecified atom stereocenters. The molecule has 2 amide bonds. The van der Waals surface area contributed by atoms with Gasteiger partial charge in [0, 0.05) is 25.2 Å². The molecular weight excluding hydrogens is 441 g/mol. The van der Waals surface area contributed by atoms with Crippen LogP contribution in [-0.4, -0.2) is 70.2 Å². The summed E-state index contributed by atoms with van der Waals surface area (Å²) in [6, 6.07) is 4.22. The highest BCUT2D eigenvalue weighted by Crippen LogP contribution is 2.33. The maximum atomic E-state index is 13.4. The third-order valence-corrected chi connectivity index (χ3v) is 6.06. The van der Waals surface area contributed by atoms with Crippen molar-refractivity contribution < 1.29 is 23.5 Å². The van der Waals surface area contributed by atoms with E-state index in [4.69, 9.17) is 21.1 Å². The second-order valence-corrected chi connectivity index (χ2v) is 8.40. The lowest BCUT2D eigenvalue weighted by Crippen LogP contribution is -2.48. The van der Waals surface area contributed by atoms with Crippen LogP contribution >= 0.6 is 11.6 Å². The number of carbonyl (C=O) groups is 2. The molecule has 0 bridgehead atoms. The summed E-state index contributed by atoms with van der Waals surface area (Å²) in [6.07, 6.45) is 6.28. The predicted molar refractivity (Wildman–Crippen MR) is 113 cm³/mol. The van der Waals surface area contributed by atoms with Crippen molar-refractivity contribution in [3.8, 4) is 5.75 Å². The van der Waals surface area contributed by atoms with E-state index in [1.165, 1.54) is 12.1 Å². The van der Waals surface area contributed by atoms with Crippen LogP contribution in [0.4, 0.5) is 4.39 Å². The van der Waals surface area contributed by atoms with E-state index in [-0.39, 0.29) is 54.0 Å². The number of benzene rings is 1. The summed E-state index contributed by atoms with van der Waals surface area (Å²) in [5, 5.41) is 11.1. The van der Waals surface area contributed by atoms with E-state index in [0.29, 0.717) is 25.9 Å². The monoisotopic (exact) mass is 465 g/mol. The molecule has 1 aliphatic heterocycles. The highest BCUT2D eigenvalue weighted by molar-refractivity contribution is 6.30. The minimum Gasteiger partial charge on any atom is -0.484 e. The number of piperidine rings is 1. The van der Waals surface area contributed by atoms with Gasteiger partial charge in [0.05, 0.1) is 29.6 Å². The molecule has 1 aromatic heterocycles. The normalized spacial score (nSPS) is 21.1. The van der Waals surface area contributed by atoms with Gasteiger partial charge in [0.1, 0.15) is 18.2 Å². The predicted octanol–water partition coefficient (Wildman–Crippen LogP) is 1.98. The Labute approximate surface area is 189 Å². The van der Waals surface area contributed by atoms with Gasteiger partial charge in [-0.1, -0.05) is 11.6 Å². The van der Waals surface area contributed by atoms with Crippen LogP contribution < -0.4 is 10.1 Å². The van der Waals surface area contributed by atoms with E-state index in [0.717, 1.165) is 18.9 Å². The van der Waals surface area contributed by atoms with Crippen molar-refractivity contribution in [1.82, 2.24) is 25.2 Å². The van der Waals surface area contributed by atoms with Crippen LogP contribution in [0, 0.1) is 5.82 Å². The Bertz CT molecular complexity index is 930. The van der Waals surface area contributed by atoms with Crippen molar-refractivity contribution >= 4 is 23.4 Å². The van der Waals surface area contributed by atoms with E-state index in [2.05, 4.69) is 15.5 Å². The molecule has 1 saturated heterocycles. The summed E-state index contributed by atoms with van der Waals surface area (Å²) in [5.41, 5.74) is 0.